The van der Waals surface area contributed by atoms with E-state index in [1.54, 1.807) is 6.20 Å². The van der Waals surface area contributed by atoms with Crippen molar-refractivity contribution < 1.29 is 18.0 Å². The zero-order valence-corrected chi connectivity index (χ0v) is 17.1. The van der Waals surface area contributed by atoms with Crippen molar-refractivity contribution in [3.8, 4) is 0 Å². The lowest BCUT2D eigenvalue weighted by Gasteiger charge is -2.10. The van der Waals surface area contributed by atoms with Crippen LogP contribution in [0.4, 0.5) is 18.9 Å². The number of amides is 1. The van der Waals surface area contributed by atoms with Crippen LogP contribution in [0.5, 0.6) is 0 Å². The Balaban J connectivity index is 1.42. The van der Waals surface area contributed by atoms with Crippen molar-refractivity contribution in [3.63, 3.8) is 0 Å². The number of carbonyl (C=O) groups is 1. The van der Waals surface area contributed by atoms with E-state index >= 15 is 0 Å². The van der Waals surface area contributed by atoms with Crippen molar-refractivity contribution in [1.29, 1.82) is 0 Å². The predicted octanol–water partition coefficient (Wildman–Crippen LogP) is 5.46. The fraction of sp³-hybridized carbons (Fsp3) is 0.208. The lowest BCUT2D eigenvalue weighted by atomic mass is 10.1. The molecule has 0 saturated carbocycles. The van der Waals surface area contributed by atoms with E-state index in [1.807, 2.05) is 47.0 Å². The molecular formula is C24H21F3N4O. The molecule has 0 aliphatic carbocycles. The van der Waals surface area contributed by atoms with Crippen molar-refractivity contribution in [2.75, 3.05) is 5.32 Å². The summed E-state index contributed by atoms with van der Waals surface area (Å²) in [5.74, 6) is 0.475. The largest absolute Gasteiger partial charge is 0.416 e. The lowest BCUT2D eigenvalue weighted by Crippen LogP contribution is -2.13. The van der Waals surface area contributed by atoms with Gasteiger partial charge in [0.15, 0.2) is 5.65 Å². The average molecular weight is 438 g/mol. The number of halogens is 3. The number of nitrogens with one attached hydrogen (secondary N) is 1. The highest BCUT2D eigenvalue weighted by molar-refractivity contribution is 5.90. The lowest BCUT2D eigenvalue weighted by molar-refractivity contribution is -0.137. The molecule has 1 N–H and O–H groups in total. The highest BCUT2D eigenvalue weighted by Crippen LogP contribution is 2.30. The minimum atomic E-state index is -4.45. The number of hydrogen-bond acceptors (Lipinski definition) is 3. The highest BCUT2D eigenvalue weighted by Gasteiger charge is 2.30. The Hall–Kier alpha value is -3.68. The predicted molar refractivity (Wildman–Crippen MR) is 116 cm³/mol. The Morgan fingerprint density at radius 2 is 1.81 bits per heavy atom. The Labute approximate surface area is 182 Å². The molecule has 32 heavy (non-hydrogen) atoms. The third-order valence-corrected chi connectivity index (χ3v) is 5.04. The van der Waals surface area contributed by atoms with Gasteiger partial charge in [0.2, 0.25) is 5.91 Å². The number of nitrogens with zero attached hydrogens (tertiary/aromatic N) is 3. The van der Waals surface area contributed by atoms with Crippen LogP contribution in [-0.2, 0) is 23.9 Å². The standard InChI is InChI=1S/C24H21F3N4O/c25-24(26,27)18-9-4-10-19(15-18)29-22(32)13-5-12-21-30-20-11-6-14-28-23(20)31(21)16-17-7-2-1-3-8-17/h1-4,6-11,14-15H,5,12-13,16H2,(H,29,32). The molecule has 0 radical (unpaired) electrons. The summed E-state index contributed by atoms with van der Waals surface area (Å²) >= 11 is 0. The first kappa shape index (κ1) is 21.5. The number of carbonyl (C=O) groups excluding carboxylic acids is 1. The summed E-state index contributed by atoms with van der Waals surface area (Å²) in [5.41, 5.74) is 2.01. The van der Waals surface area contributed by atoms with Crippen LogP contribution in [0.3, 0.4) is 0 Å². The van der Waals surface area contributed by atoms with Crippen molar-refractivity contribution in [1.82, 2.24) is 14.5 Å². The van der Waals surface area contributed by atoms with Crippen LogP contribution in [0.15, 0.2) is 72.9 Å². The molecule has 4 aromatic rings. The van der Waals surface area contributed by atoms with Gasteiger partial charge in [-0.1, -0.05) is 36.4 Å². The van der Waals surface area contributed by atoms with E-state index in [4.69, 9.17) is 0 Å². The van der Waals surface area contributed by atoms with Crippen LogP contribution < -0.4 is 5.32 Å². The molecule has 0 unspecified atom stereocenters. The van der Waals surface area contributed by atoms with Crippen molar-refractivity contribution >= 4 is 22.8 Å². The molecule has 0 atom stereocenters. The number of aryl methyl sites for hydroxylation is 1. The molecule has 2 aromatic carbocycles. The van der Waals surface area contributed by atoms with Crippen LogP contribution in [-0.4, -0.2) is 20.4 Å². The first-order valence-corrected chi connectivity index (χ1v) is 10.2. The van der Waals surface area contributed by atoms with Gasteiger partial charge in [0.25, 0.3) is 0 Å². The van der Waals surface area contributed by atoms with Crippen LogP contribution in [0.1, 0.15) is 29.8 Å². The fourth-order valence-corrected chi connectivity index (χ4v) is 3.53. The maximum atomic E-state index is 12.9. The Bertz CT molecular complexity index is 1220. The average Bonchev–Trinajstić information content (AvgIpc) is 3.11. The van der Waals surface area contributed by atoms with Gasteiger partial charge in [-0.2, -0.15) is 13.2 Å². The first-order chi connectivity index (χ1) is 15.4. The number of alkyl halides is 3. The number of pyridine rings is 1. The summed E-state index contributed by atoms with van der Waals surface area (Å²) in [6, 6.07) is 18.3. The molecule has 0 bridgehead atoms. The molecule has 0 aliphatic rings. The van der Waals surface area contributed by atoms with Gasteiger partial charge in [-0.25, -0.2) is 9.97 Å². The van der Waals surface area contributed by atoms with Gasteiger partial charge in [0.1, 0.15) is 11.3 Å². The number of anilines is 1. The topological polar surface area (TPSA) is 59.8 Å². The molecule has 0 aliphatic heterocycles. The van der Waals surface area contributed by atoms with Gasteiger partial charge in [0.05, 0.1) is 12.1 Å². The van der Waals surface area contributed by atoms with Crippen LogP contribution >= 0.6 is 0 Å². The summed E-state index contributed by atoms with van der Waals surface area (Å²) in [4.78, 5) is 21.4. The van der Waals surface area contributed by atoms with E-state index in [1.165, 1.54) is 12.1 Å². The molecule has 2 aromatic heterocycles. The second-order valence-electron chi connectivity index (χ2n) is 7.43. The third-order valence-electron chi connectivity index (χ3n) is 5.04. The van der Waals surface area contributed by atoms with Gasteiger partial charge < -0.3 is 9.88 Å². The highest BCUT2D eigenvalue weighted by atomic mass is 19.4. The van der Waals surface area contributed by atoms with Crippen LogP contribution in [0.2, 0.25) is 0 Å². The molecule has 2 heterocycles. The maximum absolute atomic E-state index is 12.9. The molecule has 8 heteroatoms. The first-order valence-electron chi connectivity index (χ1n) is 10.2. The zero-order chi connectivity index (χ0) is 22.6. The second-order valence-corrected chi connectivity index (χ2v) is 7.43. The van der Waals surface area contributed by atoms with E-state index < -0.39 is 11.7 Å². The maximum Gasteiger partial charge on any atom is 0.416 e. The number of fused-ring (bicyclic) bond motifs is 1. The number of benzene rings is 2. The van der Waals surface area contributed by atoms with Crippen LogP contribution in [0.25, 0.3) is 11.2 Å². The normalized spacial score (nSPS) is 11.6. The molecule has 5 nitrogen and oxygen atoms in total. The Morgan fingerprint density at radius 1 is 1.00 bits per heavy atom. The van der Waals surface area contributed by atoms with Crippen molar-refractivity contribution in [3.05, 3.63) is 89.9 Å². The summed E-state index contributed by atoms with van der Waals surface area (Å²) in [7, 11) is 0. The molecule has 1 amide bonds. The third kappa shape index (κ3) is 5.14. The van der Waals surface area contributed by atoms with Gasteiger partial charge in [-0.3, -0.25) is 4.79 Å². The molecule has 0 spiro atoms. The summed E-state index contributed by atoms with van der Waals surface area (Å²) in [6.45, 7) is 0.611. The van der Waals surface area contributed by atoms with E-state index in [0.29, 0.717) is 19.4 Å². The molecule has 4 rings (SSSR count). The van der Waals surface area contributed by atoms with Crippen LogP contribution in [0, 0.1) is 0 Å². The van der Waals surface area contributed by atoms with Gasteiger partial charge in [-0.15, -0.1) is 0 Å². The smallest absolute Gasteiger partial charge is 0.326 e. The number of imidazole rings is 1. The monoisotopic (exact) mass is 438 g/mol. The molecular weight excluding hydrogens is 417 g/mol. The molecule has 0 saturated heterocycles. The fourth-order valence-electron chi connectivity index (χ4n) is 3.53. The SMILES string of the molecule is O=C(CCCc1nc2cccnc2n1Cc1ccccc1)Nc1cccc(C(F)(F)F)c1. The quantitative estimate of drug-likeness (QED) is 0.417. The van der Waals surface area contributed by atoms with Crippen molar-refractivity contribution in [2.24, 2.45) is 0 Å². The van der Waals surface area contributed by atoms with Crippen molar-refractivity contribution in [2.45, 2.75) is 32.0 Å². The van der Waals surface area contributed by atoms with E-state index in [2.05, 4.69) is 15.3 Å². The van der Waals surface area contributed by atoms with E-state index in [-0.39, 0.29) is 18.0 Å². The van der Waals surface area contributed by atoms with Gasteiger partial charge in [0, 0.05) is 24.7 Å². The minimum absolute atomic E-state index is 0.130. The number of rotatable bonds is 7. The molecule has 164 valence electrons. The van der Waals surface area contributed by atoms with Gasteiger partial charge in [-0.05, 0) is 42.3 Å². The number of hydrogen-bond donors (Lipinski definition) is 1. The van der Waals surface area contributed by atoms with E-state index in [9.17, 15) is 18.0 Å². The second kappa shape index (κ2) is 9.21. The Morgan fingerprint density at radius 3 is 2.59 bits per heavy atom. The summed E-state index contributed by atoms with van der Waals surface area (Å²) < 4.78 is 40.6. The summed E-state index contributed by atoms with van der Waals surface area (Å²) in [5, 5.41) is 2.54. The number of aromatic nitrogens is 3. The zero-order valence-electron chi connectivity index (χ0n) is 17.1. The minimum Gasteiger partial charge on any atom is -0.326 e. The van der Waals surface area contributed by atoms with Gasteiger partial charge >= 0.3 is 6.18 Å². The summed E-state index contributed by atoms with van der Waals surface area (Å²) in [6.07, 6.45) is -1.52. The molecule has 0 fully saturated rings. The Kier molecular flexibility index (Phi) is 6.20. The van der Waals surface area contributed by atoms with E-state index in [0.717, 1.165) is 34.7 Å².